The van der Waals surface area contributed by atoms with E-state index in [1.807, 2.05) is 0 Å². The Morgan fingerprint density at radius 1 is 1.18 bits per heavy atom. The largest absolute Gasteiger partial charge is 0.463 e. The predicted molar refractivity (Wildman–Crippen MR) is 130 cm³/mol. The van der Waals surface area contributed by atoms with Crippen molar-refractivity contribution in [1.82, 2.24) is 4.57 Å². The Morgan fingerprint density at radius 2 is 1.79 bits per heavy atom. The third-order valence-corrected chi connectivity index (χ3v) is 6.75. The van der Waals surface area contributed by atoms with Gasteiger partial charge in [0.15, 0.2) is 0 Å². The molecule has 9 heteroatoms. The van der Waals surface area contributed by atoms with Gasteiger partial charge in [-0.3, -0.25) is 9.36 Å². The molecule has 3 aromatic rings. The average molecular weight is 498 g/mol. The van der Waals surface area contributed by atoms with Crippen LogP contribution in [0.1, 0.15) is 24.0 Å². The zero-order chi connectivity index (χ0) is 23.7. The first kappa shape index (κ1) is 22.9. The van der Waals surface area contributed by atoms with Gasteiger partial charge >= 0.3 is 5.97 Å². The van der Waals surface area contributed by atoms with Crippen molar-refractivity contribution in [2.75, 3.05) is 6.61 Å². The number of halogens is 2. The van der Waals surface area contributed by atoms with Gasteiger partial charge < -0.3 is 10.5 Å². The van der Waals surface area contributed by atoms with Gasteiger partial charge in [0.25, 0.3) is 5.56 Å². The molecule has 0 radical (unpaired) electrons. The number of rotatable bonds is 4. The van der Waals surface area contributed by atoms with Crippen molar-refractivity contribution in [3.63, 3.8) is 0 Å². The van der Waals surface area contributed by atoms with E-state index in [2.05, 4.69) is 6.07 Å². The standard InChI is InChI=1S/C24H17Cl2N3O3S/c1-2-32-24(31)20-19(14-5-9-16(26)10-6-14)17(12-27)21(28)29-22(30)18(33-23(20)29)11-13-3-7-15(25)8-4-13/h3-11,19H,2,28H2,1H3/b18-11+/t19-/m0/s1. The normalized spacial score (nSPS) is 15.9. The van der Waals surface area contributed by atoms with Gasteiger partial charge in [-0.1, -0.05) is 47.5 Å². The van der Waals surface area contributed by atoms with Crippen molar-refractivity contribution in [2.45, 2.75) is 12.8 Å². The lowest BCUT2D eigenvalue weighted by Gasteiger charge is -2.24. The van der Waals surface area contributed by atoms with Crippen molar-refractivity contribution < 1.29 is 9.53 Å². The Balaban J connectivity index is 2.08. The Kier molecular flexibility index (Phi) is 6.43. The number of nitriles is 1. The van der Waals surface area contributed by atoms with Crippen molar-refractivity contribution in [3.8, 4) is 6.07 Å². The summed E-state index contributed by atoms with van der Waals surface area (Å²) in [4.78, 5) is 26.4. The molecule has 0 saturated carbocycles. The molecule has 2 aromatic carbocycles. The third-order valence-electron chi connectivity index (χ3n) is 5.14. The molecule has 0 bridgehead atoms. The molecule has 33 heavy (non-hydrogen) atoms. The molecule has 1 aliphatic heterocycles. The maximum atomic E-state index is 13.3. The molecule has 6 nitrogen and oxygen atoms in total. The Labute approximate surface area is 203 Å². The van der Waals surface area contributed by atoms with Crippen LogP contribution in [0.2, 0.25) is 10.0 Å². The average Bonchev–Trinajstić information content (AvgIpc) is 3.11. The van der Waals surface area contributed by atoms with E-state index in [1.54, 1.807) is 61.5 Å². The maximum absolute atomic E-state index is 13.3. The van der Waals surface area contributed by atoms with Crippen LogP contribution in [0.4, 0.5) is 0 Å². The molecular formula is C24H17Cl2N3O3S. The van der Waals surface area contributed by atoms with Gasteiger partial charge in [-0.25, -0.2) is 4.79 Å². The number of nitrogens with zero attached hydrogens (tertiary/aromatic N) is 2. The first-order valence-corrected chi connectivity index (χ1v) is 11.5. The van der Waals surface area contributed by atoms with Crippen LogP contribution in [-0.2, 0) is 9.53 Å². The lowest BCUT2D eigenvalue weighted by molar-refractivity contribution is -0.136. The summed E-state index contributed by atoms with van der Waals surface area (Å²) < 4.78 is 7.21. The van der Waals surface area contributed by atoms with Crippen molar-refractivity contribution in [1.29, 1.82) is 5.26 Å². The maximum Gasteiger partial charge on any atom is 0.338 e. The first-order chi connectivity index (χ1) is 15.8. The number of hydrogen-bond donors (Lipinski definition) is 1. The minimum Gasteiger partial charge on any atom is -0.463 e. The SMILES string of the molecule is CCOC(=O)C1=c2s/c(=C/c3ccc(Cl)cc3)c(=O)n2C(N)=C(C#N)[C@@H]1c1ccc(Cl)cc1. The van der Waals surface area contributed by atoms with E-state index in [1.165, 1.54) is 4.57 Å². The van der Waals surface area contributed by atoms with Crippen LogP contribution >= 0.6 is 34.5 Å². The molecule has 4 rings (SSSR count). The molecule has 0 amide bonds. The number of ether oxygens (including phenoxy) is 1. The second kappa shape index (κ2) is 9.28. The Morgan fingerprint density at radius 3 is 2.36 bits per heavy atom. The highest BCUT2D eigenvalue weighted by Crippen LogP contribution is 2.37. The van der Waals surface area contributed by atoms with Crippen molar-refractivity contribution >= 4 is 58.0 Å². The fraction of sp³-hybridized carbons (Fsp3) is 0.125. The summed E-state index contributed by atoms with van der Waals surface area (Å²) in [6, 6.07) is 15.8. The summed E-state index contributed by atoms with van der Waals surface area (Å²) in [5.74, 6) is -1.43. The lowest BCUT2D eigenvalue weighted by atomic mass is 9.84. The molecule has 2 N–H and O–H groups in total. The highest BCUT2D eigenvalue weighted by Gasteiger charge is 2.36. The third kappa shape index (κ3) is 4.21. The fourth-order valence-electron chi connectivity index (χ4n) is 3.65. The molecule has 2 heterocycles. The summed E-state index contributed by atoms with van der Waals surface area (Å²) in [6.07, 6.45) is 1.69. The monoisotopic (exact) mass is 497 g/mol. The number of benzene rings is 2. The highest BCUT2D eigenvalue weighted by molar-refractivity contribution is 7.07. The van der Waals surface area contributed by atoms with Gasteiger partial charge in [0, 0.05) is 10.0 Å². The highest BCUT2D eigenvalue weighted by atomic mass is 35.5. The molecule has 1 aliphatic rings. The topological polar surface area (TPSA) is 98.1 Å². The number of aromatic nitrogens is 1. The molecule has 0 spiro atoms. The molecule has 166 valence electrons. The van der Waals surface area contributed by atoms with Gasteiger partial charge in [0.2, 0.25) is 0 Å². The molecule has 0 saturated heterocycles. The van der Waals surface area contributed by atoms with Gasteiger partial charge in [-0.05, 0) is 48.4 Å². The smallest absolute Gasteiger partial charge is 0.338 e. The fourth-order valence-corrected chi connectivity index (χ4v) is 5.07. The minimum absolute atomic E-state index is 0.0162. The van der Waals surface area contributed by atoms with Gasteiger partial charge in [0.1, 0.15) is 10.5 Å². The van der Waals surface area contributed by atoms with E-state index in [0.717, 1.165) is 16.9 Å². The first-order valence-electron chi connectivity index (χ1n) is 9.91. The zero-order valence-electron chi connectivity index (χ0n) is 17.3. The molecule has 0 fully saturated rings. The molecule has 0 unspecified atom stereocenters. The van der Waals surface area contributed by atoms with Gasteiger partial charge in [0.05, 0.1) is 34.3 Å². The second-order valence-electron chi connectivity index (χ2n) is 7.14. The number of carbonyl (C=O) groups is 1. The number of allylic oxidation sites excluding steroid dienone is 1. The van der Waals surface area contributed by atoms with Gasteiger partial charge in [-0.15, -0.1) is 11.3 Å². The number of esters is 1. The van der Waals surface area contributed by atoms with Crippen LogP contribution in [-0.4, -0.2) is 17.1 Å². The van der Waals surface area contributed by atoms with Crippen molar-refractivity contribution in [2.24, 2.45) is 5.73 Å². The lowest BCUT2D eigenvalue weighted by Crippen LogP contribution is -2.40. The summed E-state index contributed by atoms with van der Waals surface area (Å²) in [7, 11) is 0. The van der Waals surface area contributed by atoms with Crippen LogP contribution in [0.25, 0.3) is 17.5 Å². The molecule has 1 atom stereocenters. The summed E-state index contributed by atoms with van der Waals surface area (Å²) in [5, 5.41) is 11.0. The van der Waals surface area contributed by atoms with E-state index >= 15 is 0 Å². The predicted octanol–water partition coefficient (Wildman–Crippen LogP) is 3.21. The quantitative estimate of drug-likeness (QED) is 0.558. The van der Waals surface area contributed by atoms with E-state index in [4.69, 9.17) is 33.7 Å². The van der Waals surface area contributed by atoms with E-state index < -0.39 is 17.4 Å². The number of fused-ring (bicyclic) bond motifs is 1. The number of carbonyl (C=O) groups excluding carboxylic acids is 1. The summed E-state index contributed by atoms with van der Waals surface area (Å²) >= 11 is 13.1. The van der Waals surface area contributed by atoms with E-state index in [0.29, 0.717) is 24.8 Å². The van der Waals surface area contributed by atoms with Crippen LogP contribution in [0.3, 0.4) is 0 Å². The van der Waals surface area contributed by atoms with Crippen LogP contribution in [0, 0.1) is 11.3 Å². The van der Waals surface area contributed by atoms with Gasteiger partial charge in [-0.2, -0.15) is 5.26 Å². The summed E-state index contributed by atoms with van der Waals surface area (Å²) in [5.41, 5.74) is 7.57. The van der Waals surface area contributed by atoms with Crippen LogP contribution < -0.4 is 20.5 Å². The number of thiazole rings is 1. The Hall–Kier alpha value is -3.31. The molecule has 1 aromatic heterocycles. The molecule has 0 aliphatic carbocycles. The zero-order valence-corrected chi connectivity index (χ0v) is 19.7. The van der Waals surface area contributed by atoms with Crippen LogP contribution in [0.15, 0.2) is 58.9 Å². The number of hydrogen-bond acceptors (Lipinski definition) is 6. The summed E-state index contributed by atoms with van der Waals surface area (Å²) in [6.45, 7) is 1.82. The van der Waals surface area contributed by atoms with E-state index in [-0.39, 0.29) is 23.6 Å². The van der Waals surface area contributed by atoms with Crippen molar-refractivity contribution in [3.05, 3.63) is 94.8 Å². The minimum atomic E-state index is -0.798. The van der Waals surface area contributed by atoms with E-state index in [9.17, 15) is 14.9 Å². The number of nitrogens with two attached hydrogens (primary N) is 1. The van der Waals surface area contributed by atoms with Crippen LogP contribution in [0.5, 0.6) is 0 Å². The second-order valence-corrected chi connectivity index (χ2v) is 9.04. The molecular weight excluding hydrogens is 481 g/mol. The Bertz CT molecular complexity index is 1490.